The van der Waals surface area contributed by atoms with E-state index in [4.69, 9.17) is 19.0 Å². The van der Waals surface area contributed by atoms with Gasteiger partial charge in [-0.05, 0) is 26.3 Å². The minimum absolute atomic E-state index is 0.634. The summed E-state index contributed by atoms with van der Waals surface area (Å²) < 4.78 is 16.4. The average Bonchev–Trinajstić information content (AvgIpc) is 2.28. The molecular weight excluding hydrogens is 224 g/mol. The molecule has 5 nitrogen and oxygen atoms in total. The molecule has 98 valence electrons. The Morgan fingerprint density at radius 2 is 1.94 bits per heavy atom. The highest BCUT2D eigenvalue weighted by molar-refractivity contribution is 6.59. The van der Waals surface area contributed by atoms with E-state index in [2.05, 4.69) is 5.32 Å². The third-order valence-electron chi connectivity index (χ3n) is 2.21. The molecule has 16 heavy (non-hydrogen) atoms. The molecule has 0 aliphatic rings. The van der Waals surface area contributed by atoms with Crippen molar-refractivity contribution < 1.29 is 13.3 Å². The number of hydrogen-bond donors (Lipinski definition) is 2. The van der Waals surface area contributed by atoms with E-state index in [0.29, 0.717) is 19.8 Å². The van der Waals surface area contributed by atoms with Crippen molar-refractivity contribution in [1.29, 1.82) is 0 Å². The van der Waals surface area contributed by atoms with Crippen LogP contribution in [-0.2, 0) is 13.3 Å². The van der Waals surface area contributed by atoms with Crippen LogP contribution < -0.4 is 11.1 Å². The molecule has 0 heterocycles. The third-order valence-corrected chi connectivity index (χ3v) is 4.49. The molecular formula is C10H26N2O3Si. The van der Waals surface area contributed by atoms with Crippen molar-refractivity contribution in [3.63, 3.8) is 0 Å². The van der Waals surface area contributed by atoms with Gasteiger partial charge < -0.3 is 24.3 Å². The van der Waals surface area contributed by atoms with Gasteiger partial charge in [-0.25, -0.2) is 0 Å². The lowest BCUT2D eigenvalue weighted by atomic mass is 10.3. The zero-order chi connectivity index (χ0) is 12.3. The lowest BCUT2D eigenvalue weighted by Gasteiger charge is -2.23. The van der Waals surface area contributed by atoms with E-state index in [0.717, 1.165) is 25.9 Å². The molecule has 0 aromatic heterocycles. The number of nitrogens with two attached hydrogens (primary N) is 1. The van der Waals surface area contributed by atoms with Gasteiger partial charge in [0.1, 0.15) is 0 Å². The highest BCUT2D eigenvalue weighted by Gasteiger charge is 2.32. The number of unbranched alkanes of at least 4 members (excludes halogenated alkanes) is 1. The van der Waals surface area contributed by atoms with E-state index >= 15 is 0 Å². The zero-order valence-corrected chi connectivity index (χ0v) is 11.8. The number of hydrogen-bond acceptors (Lipinski definition) is 5. The van der Waals surface area contributed by atoms with Crippen molar-refractivity contribution in [2.75, 3.05) is 40.0 Å². The molecule has 0 saturated carbocycles. The fourth-order valence-corrected chi connectivity index (χ4v) is 2.62. The first-order valence-electron chi connectivity index (χ1n) is 5.92. The van der Waals surface area contributed by atoms with Gasteiger partial charge in [0.05, 0.1) is 0 Å². The predicted molar refractivity (Wildman–Crippen MR) is 67.4 cm³/mol. The van der Waals surface area contributed by atoms with E-state index in [-0.39, 0.29) is 0 Å². The molecule has 0 fully saturated rings. The molecule has 0 aliphatic heterocycles. The Morgan fingerprint density at radius 1 is 1.19 bits per heavy atom. The quantitative estimate of drug-likeness (QED) is 0.415. The van der Waals surface area contributed by atoms with Gasteiger partial charge in [0.2, 0.25) is 0 Å². The van der Waals surface area contributed by atoms with E-state index < -0.39 is 8.80 Å². The fourth-order valence-electron chi connectivity index (χ4n) is 1.26. The van der Waals surface area contributed by atoms with Gasteiger partial charge in [0.15, 0.2) is 0 Å². The first-order valence-corrected chi connectivity index (χ1v) is 8.15. The molecule has 0 amide bonds. The summed E-state index contributed by atoms with van der Waals surface area (Å²) in [6, 6.07) is 0. The zero-order valence-electron chi connectivity index (χ0n) is 10.8. The molecule has 0 aromatic rings. The minimum Gasteiger partial charge on any atom is -0.377 e. The van der Waals surface area contributed by atoms with Gasteiger partial charge in [-0.2, -0.15) is 0 Å². The fraction of sp³-hybridized carbons (Fsp3) is 1.00. The smallest absolute Gasteiger partial charge is 0.377 e. The highest BCUT2D eigenvalue weighted by Crippen LogP contribution is 2.08. The summed E-state index contributed by atoms with van der Waals surface area (Å²) in [5.41, 5.74) is 5.36. The second-order valence-electron chi connectivity index (χ2n) is 3.59. The molecule has 1 atom stereocenters. The van der Waals surface area contributed by atoms with Crippen molar-refractivity contribution in [2.24, 2.45) is 5.73 Å². The van der Waals surface area contributed by atoms with Gasteiger partial charge in [0, 0.05) is 40.0 Å². The molecule has 6 heteroatoms. The lowest BCUT2D eigenvalue weighted by molar-refractivity contribution is 0.0874. The Morgan fingerprint density at radius 3 is 2.50 bits per heavy atom. The van der Waals surface area contributed by atoms with Crippen LogP contribution in [0.25, 0.3) is 0 Å². The summed E-state index contributed by atoms with van der Waals surface area (Å²) in [4.78, 5) is 0. The van der Waals surface area contributed by atoms with Crippen LogP contribution in [0.3, 0.4) is 0 Å². The average molecular weight is 250 g/mol. The van der Waals surface area contributed by atoms with E-state index in [1.165, 1.54) is 0 Å². The van der Waals surface area contributed by atoms with Crippen LogP contribution in [0, 0.1) is 0 Å². The van der Waals surface area contributed by atoms with Gasteiger partial charge in [-0.1, -0.05) is 0 Å². The van der Waals surface area contributed by atoms with Crippen LogP contribution in [0.15, 0.2) is 0 Å². The van der Waals surface area contributed by atoms with Gasteiger partial charge >= 0.3 is 8.80 Å². The van der Waals surface area contributed by atoms with Crippen molar-refractivity contribution in [3.8, 4) is 0 Å². The molecule has 0 radical (unpaired) electrons. The second-order valence-corrected chi connectivity index (χ2v) is 6.30. The van der Waals surface area contributed by atoms with Crippen LogP contribution in [-0.4, -0.2) is 48.8 Å². The number of nitrogens with one attached hydrogen (secondary N) is 1. The summed E-state index contributed by atoms with van der Waals surface area (Å²) in [5, 5.41) is 3.24. The summed E-state index contributed by atoms with van der Waals surface area (Å²) in [6.45, 7) is 7.75. The molecule has 0 aromatic carbocycles. The maximum absolute atomic E-state index is 5.67. The van der Waals surface area contributed by atoms with Crippen LogP contribution in [0.4, 0.5) is 0 Å². The second kappa shape index (κ2) is 10.2. The number of rotatable bonds is 11. The van der Waals surface area contributed by atoms with E-state index in [1.807, 2.05) is 13.5 Å². The van der Waals surface area contributed by atoms with E-state index in [9.17, 15) is 0 Å². The Labute approximate surface area is 100 Å². The summed E-state index contributed by atoms with van der Waals surface area (Å²) in [5.74, 6) is 0. The summed E-state index contributed by atoms with van der Waals surface area (Å²) >= 11 is 0. The van der Waals surface area contributed by atoms with Gasteiger partial charge in [-0.15, -0.1) is 0 Å². The molecule has 0 saturated heterocycles. The van der Waals surface area contributed by atoms with Crippen molar-refractivity contribution >= 4 is 8.80 Å². The Kier molecular flexibility index (Phi) is 10.2. The molecule has 0 spiro atoms. The van der Waals surface area contributed by atoms with E-state index in [1.54, 1.807) is 7.11 Å². The largest absolute Gasteiger partial charge is 0.497 e. The maximum Gasteiger partial charge on any atom is 0.497 e. The molecule has 0 rings (SSSR count). The monoisotopic (exact) mass is 250 g/mol. The van der Waals surface area contributed by atoms with Crippen molar-refractivity contribution in [1.82, 2.24) is 5.32 Å². The Bertz CT molecular complexity index is 163. The first-order chi connectivity index (χ1) is 7.68. The summed E-state index contributed by atoms with van der Waals surface area (Å²) in [7, 11) is -0.696. The Balaban J connectivity index is 3.41. The van der Waals surface area contributed by atoms with Crippen LogP contribution in [0.5, 0.6) is 0 Å². The third kappa shape index (κ3) is 8.20. The molecule has 0 aliphatic carbocycles. The SMILES string of the molecule is CCO[Si](C)(OC)OCCCCNCCN. The molecule has 3 N–H and O–H groups in total. The highest BCUT2D eigenvalue weighted by atomic mass is 28.4. The van der Waals surface area contributed by atoms with Crippen LogP contribution in [0.2, 0.25) is 6.55 Å². The van der Waals surface area contributed by atoms with Gasteiger partial charge in [-0.3, -0.25) is 0 Å². The maximum atomic E-state index is 5.67. The van der Waals surface area contributed by atoms with Gasteiger partial charge in [0.25, 0.3) is 0 Å². The van der Waals surface area contributed by atoms with Crippen molar-refractivity contribution in [3.05, 3.63) is 0 Å². The first kappa shape index (κ1) is 16.0. The molecule has 0 bridgehead atoms. The molecule has 1 unspecified atom stereocenters. The predicted octanol–water partition coefficient (Wildman–Crippen LogP) is 0.583. The van der Waals surface area contributed by atoms with Crippen LogP contribution in [0.1, 0.15) is 19.8 Å². The van der Waals surface area contributed by atoms with Crippen LogP contribution >= 0.6 is 0 Å². The lowest BCUT2D eigenvalue weighted by Crippen LogP contribution is -2.41. The minimum atomic E-state index is -2.34. The summed E-state index contributed by atoms with van der Waals surface area (Å²) in [6.07, 6.45) is 2.09. The normalized spacial score (nSPS) is 15.0. The Hall–Kier alpha value is 0.0169. The standard InChI is InChI=1S/C10H26N2O3Si/c1-4-14-16(3,13-2)15-10-6-5-8-12-9-7-11/h12H,4-11H2,1-3H3. The van der Waals surface area contributed by atoms with Crippen molar-refractivity contribution in [2.45, 2.75) is 26.3 Å². The topological polar surface area (TPSA) is 65.7 Å².